The van der Waals surface area contributed by atoms with E-state index in [1.807, 2.05) is 0 Å². The lowest BCUT2D eigenvalue weighted by Gasteiger charge is -2.39. The van der Waals surface area contributed by atoms with Crippen LogP contribution in [-0.4, -0.2) is 54.9 Å². The van der Waals surface area contributed by atoms with Gasteiger partial charge < -0.3 is 20.1 Å². The molecule has 1 aromatic carbocycles. The zero-order valence-electron chi connectivity index (χ0n) is 17.7. The molecule has 6 heteroatoms. The van der Waals surface area contributed by atoms with E-state index in [-0.39, 0.29) is 30.0 Å². The average Bonchev–Trinajstić information content (AvgIpc) is 2.70. The second-order valence-corrected chi connectivity index (χ2v) is 7.74. The number of benzene rings is 1. The maximum absolute atomic E-state index is 13.3. The van der Waals surface area contributed by atoms with E-state index < -0.39 is 0 Å². The highest BCUT2D eigenvalue weighted by Crippen LogP contribution is 2.31. The highest BCUT2D eigenvalue weighted by atomic mass is 19.1. The van der Waals surface area contributed by atoms with Crippen LogP contribution in [0.2, 0.25) is 0 Å². The largest absolute Gasteiger partial charge is 0.396 e. The summed E-state index contributed by atoms with van der Waals surface area (Å²) in [5, 5.41) is 12.9. The van der Waals surface area contributed by atoms with Crippen molar-refractivity contribution >= 4 is 5.96 Å². The number of morpholine rings is 1. The molecule has 158 valence electrons. The van der Waals surface area contributed by atoms with Gasteiger partial charge in [0.05, 0.1) is 12.6 Å². The minimum Gasteiger partial charge on any atom is -0.396 e. The van der Waals surface area contributed by atoms with Crippen LogP contribution in [0.3, 0.4) is 0 Å². The van der Waals surface area contributed by atoms with Crippen molar-refractivity contribution in [3.63, 3.8) is 0 Å². The van der Waals surface area contributed by atoms with Crippen molar-refractivity contribution in [2.75, 3.05) is 32.8 Å². The second-order valence-electron chi connectivity index (χ2n) is 7.74. The van der Waals surface area contributed by atoms with Gasteiger partial charge in [0.2, 0.25) is 0 Å². The van der Waals surface area contributed by atoms with Gasteiger partial charge in [0.15, 0.2) is 5.96 Å². The molecule has 0 spiro atoms. The van der Waals surface area contributed by atoms with Crippen LogP contribution in [0.1, 0.15) is 58.6 Å². The Morgan fingerprint density at radius 1 is 1.25 bits per heavy atom. The van der Waals surface area contributed by atoms with Gasteiger partial charge >= 0.3 is 0 Å². The van der Waals surface area contributed by atoms with Crippen molar-refractivity contribution in [2.24, 2.45) is 10.4 Å². The zero-order valence-corrected chi connectivity index (χ0v) is 17.7. The van der Waals surface area contributed by atoms with E-state index in [1.54, 1.807) is 12.1 Å². The predicted octanol–water partition coefficient (Wildman–Crippen LogP) is 3.74. The molecule has 0 saturated carbocycles. The van der Waals surface area contributed by atoms with Crippen LogP contribution in [0.5, 0.6) is 0 Å². The molecule has 1 heterocycles. The number of rotatable bonds is 8. The number of guanidine groups is 1. The molecule has 2 atom stereocenters. The van der Waals surface area contributed by atoms with Gasteiger partial charge in [-0.3, -0.25) is 4.99 Å². The molecule has 0 aromatic heterocycles. The van der Waals surface area contributed by atoms with E-state index in [4.69, 9.17) is 9.73 Å². The van der Waals surface area contributed by atoms with E-state index in [1.165, 1.54) is 12.1 Å². The van der Waals surface area contributed by atoms with Gasteiger partial charge in [-0.2, -0.15) is 0 Å². The summed E-state index contributed by atoms with van der Waals surface area (Å²) in [6.45, 7) is 11.6. The Kier molecular flexibility index (Phi) is 8.70. The summed E-state index contributed by atoms with van der Waals surface area (Å²) in [5.41, 5.74) is 1.01. The lowest BCUT2D eigenvalue weighted by Crippen LogP contribution is -2.51. The Labute approximate surface area is 169 Å². The standard InChI is InChI=1S/C22H36FN3O2/c1-5-22(6-2,12-13-27)16-25-21(24-7-3)26-14-17(4)28-20(15-26)18-8-10-19(23)11-9-18/h8-11,17,20,27H,5-7,12-16H2,1-4H3,(H,24,25). The van der Waals surface area contributed by atoms with Crippen molar-refractivity contribution in [2.45, 2.75) is 59.2 Å². The number of ether oxygens (including phenoxy) is 1. The van der Waals surface area contributed by atoms with Crippen LogP contribution in [0, 0.1) is 11.2 Å². The maximum atomic E-state index is 13.3. The van der Waals surface area contributed by atoms with Crippen LogP contribution < -0.4 is 5.32 Å². The van der Waals surface area contributed by atoms with Crippen molar-refractivity contribution in [1.29, 1.82) is 0 Å². The van der Waals surface area contributed by atoms with Gasteiger partial charge in [-0.15, -0.1) is 0 Å². The molecule has 1 aromatic rings. The second kappa shape index (κ2) is 10.8. The molecule has 0 radical (unpaired) electrons. The number of halogens is 1. The number of hydrogen-bond donors (Lipinski definition) is 2. The normalized spacial score (nSPS) is 21.1. The first kappa shape index (κ1) is 22.6. The van der Waals surface area contributed by atoms with Crippen molar-refractivity contribution in [1.82, 2.24) is 10.2 Å². The first-order chi connectivity index (χ1) is 13.5. The molecule has 1 saturated heterocycles. The van der Waals surface area contributed by atoms with Gasteiger partial charge in [-0.1, -0.05) is 26.0 Å². The first-order valence-electron chi connectivity index (χ1n) is 10.5. The van der Waals surface area contributed by atoms with Gasteiger partial charge in [0.1, 0.15) is 11.9 Å². The molecule has 5 nitrogen and oxygen atoms in total. The van der Waals surface area contributed by atoms with Gasteiger partial charge in [-0.05, 0) is 56.2 Å². The molecule has 2 rings (SSSR count). The molecule has 1 fully saturated rings. The average molecular weight is 394 g/mol. The summed E-state index contributed by atoms with van der Waals surface area (Å²) in [6, 6.07) is 6.54. The van der Waals surface area contributed by atoms with E-state index in [0.717, 1.165) is 43.9 Å². The number of aliphatic hydroxyl groups is 1. The Morgan fingerprint density at radius 3 is 2.50 bits per heavy atom. The minimum absolute atomic E-state index is 0.0314. The van der Waals surface area contributed by atoms with Crippen LogP contribution in [-0.2, 0) is 4.74 Å². The molecular weight excluding hydrogens is 357 g/mol. The highest BCUT2D eigenvalue weighted by molar-refractivity contribution is 5.80. The molecule has 2 unspecified atom stereocenters. The lowest BCUT2D eigenvalue weighted by molar-refractivity contribution is -0.0605. The molecule has 0 aliphatic carbocycles. The third kappa shape index (κ3) is 5.92. The monoisotopic (exact) mass is 393 g/mol. The number of aliphatic hydroxyl groups excluding tert-OH is 1. The van der Waals surface area contributed by atoms with Crippen LogP contribution in [0.15, 0.2) is 29.3 Å². The molecule has 0 amide bonds. The fourth-order valence-electron chi connectivity index (χ4n) is 3.80. The fourth-order valence-corrected chi connectivity index (χ4v) is 3.80. The van der Waals surface area contributed by atoms with E-state index in [2.05, 4.69) is 37.9 Å². The maximum Gasteiger partial charge on any atom is 0.194 e. The number of aliphatic imine (C=N–C) groups is 1. The number of nitrogens with zero attached hydrogens (tertiary/aromatic N) is 2. The summed E-state index contributed by atoms with van der Waals surface area (Å²) in [5.74, 6) is 0.646. The molecule has 0 bridgehead atoms. The molecular formula is C22H36FN3O2. The lowest BCUT2D eigenvalue weighted by atomic mass is 9.79. The van der Waals surface area contributed by atoms with Crippen LogP contribution >= 0.6 is 0 Å². The topological polar surface area (TPSA) is 57.1 Å². The molecule has 1 aliphatic heterocycles. The van der Waals surface area contributed by atoms with Crippen molar-refractivity contribution in [3.05, 3.63) is 35.6 Å². The van der Waals surface area contributed by atoms with E-state index >= 15 is 0 Å². The summed E-state index contributed by atoms with van der Waals surface area (Å²) >= 11 is 0. The first-order valence-corrected chi connectivity index (χ1v) is 10.5. The SMILES string of the molecule is CCNC(=NCC(CC)(CC)CCO)N1CC(C)OC(c2ccc(F)cc2)C1. The Hall–Kier alpha value is -1.66. The summed E-state index contributed by atoms with van der Waals surface area (Å²) in [7, 11) is 0. The Bertz CT molecular complexity index is 617. The Morgan fingerprint density at radius 2 is 1.93 bits per heavy atom. The Balaban J connectivity index is 2.19. The van der Waals surface area contributed by atoms with E-state index in [9.17, 15) is 9.50 Å². The molecule has 1 aliphatic rings. The number of nitrogens with one attached hydrogen (secondary N) is 1. The quantitative estimate of drug-likeness (QED) is 0.522. The van der Waals surface area contributed by atoms with Crippen molar-refractivity contribution in [3.8, 4) is 0 Å². The van der Waals surface area contributed by atoms with Gasteiger partial charge in [0, 0.05) is 26.2 Å². The predicted molar refractivity (Wildman–Crippen MR) is 112 cm³/mol. The summed E-state index contributed by atoms with van der Waals surface area (Å²) < 4.78 is 19.4. The van der Waals surface area contributed by atoms with Crippen LogP contribution in [0.25, 0.3) is 0 Å². The minimum atomic E-state index is -0.237. The van der Waals surface area contributed by atoms with Crippen LogP contribution in [0.4, 0.5) is 4.39 Å². The summed E-state index contributed by atoms with van der Waals surface area (Å²) in [4.78, 5) is 7.19. The van der Waals surface area contributed by atoms with E-state index in [0.29, 0.717) is 13.1 Å². The molecule has 2 N–H and O–H groups in total. The summed E-state index contributed by atoms with van der Waals surface area (Å²) in [6.07, 6.45) is 2.68. The van der Waals surface area contributed by atoms with Crippen molar-refractivity contribution < 1.29 is 14.2 Å². The third-order valence-electron chi connectivity index (χ3n) is 5.84. The van der Waals surface area contributed by atoms with Gasteiger partial charge in [-0.25, -0.2) is 4.39 Å². The smallest absolute Gasteiger partial charge is 0.194 e. The number of hydrogen-bond acceptors (Lipinski definition) is 3. The van der Waals surface area contributed by atoms with Gasteiger partial charge in [0.25, 0.3) is 0 Å². The fraction of sp³-hybridized carbons (Fsp3) is 0.682. The zero-order chi connectivity index (χ0) is 20.6. The highest BCUT2D eigenvalue weighted by Gasteiger charge is 2.30. The third-order valence-corrected chi connectivity index (χ3v) is 5.84. The molecule has 28 heavy (non-hydrogen) atoms.